The fraction of sp³-hybridized carbons (Fsp3) is 0.211. The van der Waals surface area contributed by atoms with Gasteiger partial charge in [-0.25, -0.2) is 13.6 Å². The Kier molecular flexibility index (Phi) is 4.89. The maximum absolute atomic E-state index is 13.5. The second-order valence-electron chi connectivity index (χ2n) is 5.92. The highest BCUT2D eigenvalue weighted by Gasteiger charge is 2.35. The summed E-state index contributed by atoms with van der Waals surface area (Å²) < 4.78 is 31.6. The number of hydrogen-bond donors (Lipinski definition) is 1. The molecule has 8 heteroatoms. The van der Waals surface area contributed by atoms with Gasteiger partial charge in [0.2, 0.25) is 5.91 Å². The molecule has 1 unspecified atom stereocenters. The number of carbonyl (C=O) groups is 3. The Balaban J connectivity index is 2.03. The third kappa shape index (κ3) is 3.38. The van der Waals surface area contributed by atoms with Gasteiger partial charge < -0.3 is 10.1 Å². The van der Waals surface area contributed by atoms with Gasteiger partial charge in [-0.1, -0.05) is 0 Å². The van der Waals surface area contributed by atoms with E-state index in [0.29, 0.717) is 5.69 Å². The topological polar surface area (TPSA) is 75.7 Å². The Bertz CT molecular complexity index is 945. The van der Waals surface area contributed by atoms with Gasteiger partial charge in [0, 0.05) is 5.56 Å². The van der Waals surface area contributed by atoms with Crippen LogP contribution in [0.15, 0.2) is 36.4 Å². The Morgan fingerprint density at radius 2 is 1.81 bits per heavy atom. The highest BCUT2D eigenvalue weighted by atomic mass is 19.2. The molecule has 0 bridgehead atoms. The quantitative estimate of drug-likeness (QED) is 0.838. The summed E-state index contributed by atoms with van der Waals surface area (Å²) in [6.45, 7) is 3.37. The zero-order valence-electron chi connectivity index (χ0n) is 14.6. The van der Waals surface area contributed by atoms with Crippen molar-refractivity contribution in [3.05, 3.63) is 59.2 Å². The van der Waals surface area contributed by atoms with Gasteiger partial charge >= 0.3 is 5.97 Å². The number of rotatable bonds is 3. The molecule has 0 spiro atoms. The van der Waals surface area contributed by atoms with Gasteiger partial charge in [0.05, 0.1) is 23.5 Å². The van der Waals surface area contributed by atoms with Crippen molar-refractivity contribution < 1.29 is 27.9 Å². The molecule has 2 amide bonds. The number of amides is 2. The van der Waals surface area contributed by atoms with Crippen molar-refractivity contribution in [2.24, 2.45) is 0 Å². The molecular formula is C19H16F2N2O4. The summed E-state index contributed by atoms with van der Waals surface area (Å²) in [5.74, 6) is -3.93. The van der Waals surface area contributed by atoms with Crippen LogP contribution < -0.4 is 10.2 Å². The molecule has 2 aromatic rings. The number of benzene rings is 2. The van der Waals surface area contributed by atoms with Crippen molar-refractivity contribution in [3.63, 3.8) is 0 Å². The molecule has 0 saturated heterocycles. The normalized spacial score (nSPS) is 15.8. The standard InChI is InChI=1S/C19H16F2N2O4/c1-3-27-19(26)12-5-7-16-15(9-12)22-17(24)10(2)23(16)18(25)11-4-6-13(20)14(21)8-11/h4-10H,3H2,1-2H3,(H,22,24). The van der Waals surface area contributed by atoms with E-state index in [-0.39, 0.29) is 23.4 Å². The van der Waals surface area contributed by atoms with Crippen LogP contribution in [0.2, 0.25) is 0 Å². The zero-order chi connectivity index (χ0) is 19.7. The molecule has 0 aliphatic carbocycles. The van der Waals surface area contributed by atoms with E-state index >= 15 is 0 Å². The number of ether oxygens (including phenoxy) is 1. The fourth-order valence-corrected chi connectivity index (χ4v) is 2.80. The molecule has 27 heavy (non-hydrogen) atoms. The largest absolute Gasteiger partial charge is 0.462 e. The lowest BCUT2D eigenvalue weighted by atomic mass is 10.0. The first-order valence-corrected chi connectivity index (χ1v) is 8.24. The molecule has 0 saturated carbocycles. The number of nitrogens with one attached hydrogen (secondary N) is 1. The van der Waals surface area contributed by atoms with E-state index in [2.05, 4.69) is 5.32 Å². The lowest BCUT2D eigenvalue weighted by Gasteiger charge is -2.34. The molecule has 1 aliphatic heterocycles. The van der Waals surface area contributed by atoms with Gasteiger partial charge in [-0.2, -0.15) is 0 Å². The predicted molar refractivity (Wildman–Crippen MR) is 93.7 cm³/mol. The van der Waals surface area contributed by atoms with E-state index in [0.717, 1.165) is 18.2 Å². The molecule has 1 aliphatic rings. The molecular weight excluding hydrogens is 358 g/mol. The van der Waals surface area contributed by atoms with E-state index in [9.17, 15) is 23.2 Å². The van der Waals surface area contributed by atoms with Crippen molar-refractivity contribution in [2.75, 3.05) is 16.8 Å². The smallest absolute Gasteiger partial charge is 0.338 e. The van der Waals surface area contributed by atoms with Crippen LogP contribution in [0, 0.1) is 11.6 Å². The molecule has 3 rings (SSSR count). The molecule has 0 fully saturated rings. The van der Waals surface area contributed by atoms with Crippen LogP contribution in [0.25, 0.3) is 0 Å². The minimum absolute atomic E-state index is 0.101. The van der Waals surface area contributed by atoms with Crippen LogP contribution in [-0.4, -0.2) is 30.4 Å². The Hall–Kier alpha value is -3.29. The summed E-state index contributed by atoms with van der Waals surface area (Å²) in [6, 6.07) is 6.26. The van der Waals surface area contributed by atoms with Crippen molar-refractivity contribution in [1.82, 2.24) is 0 Å². The molecule has 2 aromatic carbocycles. The summed E-state index contributed by atoms with van der Waals surface area (Å²) in [5.41, 5.74) is 0.700. The van der Waals surface area contributed by atoms with Crippen LogP contribution in [0.3, 0.4) is 0 Å². The van der Waals surface area contributed by atoms with Crippen molar-refractivity contribution in [1.29, 1.82) is 0 Å². The minimum Gasteiger partial charge on any atom is -0.462 e. The number of nitrogens with zero attached hydrogens (tertiary/aromatic N) is 1. The third-order valence-corrected chi connectivity index (χ3v) is 4.18. The first-order chi connectivity index (χ1) is 12.8. The van der Waals surface area contributed by atoms with E-state index < -0.39 is 35.5 Å². The number of halogens is 2. The number of anilines is 2. The monoisotopic (exact) mass is 374 g/mol. The first kappa shape index (κ1) is 18.5. The number of carbonyl (C=O) groups excluding carboxylic acids is 3. The van der Waals surface area contributed by atoms with Crippen LogP contribution in [0.4, 0.5) is 20.2 Å². The van der Waals surface area contributed by atoms with E-state index in [4.69, 9.17) is 4.74 Å². The summed E-state index contributed by atoms with van der Waals surface area (Å²) in [7, 11) is 0. The lowest BCUT2D eigenvalue weighted by molar-refractivity contribution is -0.117. The second-order valence-corrected chi connectivity index (χ2v) is 5.92. The highest BCUT2D eigenvalue weighted by Crippen LogP contribution is 2.34. The summed E-state index contributed by atoms with van der Waals surface area (Å²) in [6.07, 6.45) is 0. The van der Waals surface area contributed by atoms with Gasteiger partial charge in [-0.15, -0.1) is 0 Å². The van der Waals surface area contributed by atoms with Crippen LogP contribution in [-0.2, 0) is 9.53 Å². The molecule has 1 heterocycles. The third-order valence-electron chi connectivity index (χ3n) is 4.18. The van der Waals surface area contributed by atoms with Crippen molar-refractivity contribution >= 4 is 29.2 Å². The van der Waals surface area contributed by atoms with Gasteiger partial charge in [-0.3, -0.25) is 14.5 Å². The lowest BCUT2D eigenvalue weighted by Crippen LogP contribution is -2.49. The maximum atomic E-state index is 13.5. The second kappa shape index (κ2) is 7.14. The zero-order valence-corrected chi connectivity index (χ0v) is 14.6. The Morgan fingerprint density at radius 3 is 2.48 bits per heavy atom. The molecule has 140 valence electrons. The Labute approximate surface area is 153 Å². The molecule has 1 N–H and O–H groups in total. The van der Waals surface area contributed by atoms with E-state index in [1.165, 1.54) is 30.0 Å². The van der Waals surface area contributed by atoms with E-state index in [1.54, 1.807) is 6.92 Å². The predicted octanol–water partition coefficient (Wildman–Crippen LogP) is 3.13. The number of esters is 1. The van der Waals surface area contributed by atoms with Gasteiger partial charge in [0.1, 0.15) is 6.04 Å². The minimum atomic E-state index is -1.16. The summed E-state index contributed by atoms with van der Waals surface area (Å²) in [5, 5.41) is 2.63. The first-order valence-electron chi connectivity index (χ1n) is 8.24. The van der Waals surface area contributed by atoms with Crippen molar-refractivity contribution in [3.8, 4) is 0 Å². The number of hydrogen-bond acceptors (Lipinski definition) is 4. The van der Waals surface area contributed by atoms with Crippen LogP contribution >= 0.6 is 0 Å². The maximum Gasteiger partial charge on any atom is 0.338 e. The highest BCUT2D eigenvalue weighted by molar-refractivity contribution is 6.17. The van der Waals surface area contributed by atoms with Crippen LogP contribution in [0.5, 0.6) is 0 Å². The summed E-state index contributed by atoms with van der Waals surface area (Å²) >= 11 is 0. The molecule has 1 atom stereocenters. The molecule has 0 aromatic heterocycles. The Morgan fingerprint density at radius 1 is 1.11 bits per heavy atom. The fourth-order valence-electron chi connectivity index (χ4n) is 2.80. The van der Waals surface area contributed by atoms with Gasteiger partial charge in [0.25, 0.3) is 5.91 Å². The molecule has 0 radical (unpaired) electrons. The van der Waals surface area contributed by atoms with E-state index in [1.807, 2.05) is 0 Å². The molecule has 6 nitrogen and oxygen atoms in total. The summed E-state index contributed by atoms with van der Waals surface area (Å²) in [4.78, 5) is 38.2. The van der Waals surface area contributed by atoms with Gasteiger partial charge in [0.15, 0.2) is 11.6 Å². The number of fused-ring (bicyclic) bond motifs is 1. The van der Waals surface area contributed by atoms with Crippen molar-refractivity contribution in [2.45, 2.75) is 19.9 Å². The average Bonchev–Trinajstić information content (AvgIpc) is 2.64. The van der Waals surface area contributed by atoms with Crippen LogP contribution in [0.1, 0.15) is 34.6 Å². The van der Waals surface area contributed by atoms with Gasteiger partial charge in [-0.05, 0) is 50.2 Å². The average molecular weight is 374 g/mol. The SMILES string of the molecule is CCOC(=O)c1ccc2c(c1)NC(=O)C(C)N2C(=O)c1ccc(F)c(F)c1.